The maximum Gasteiger partial charge on any atom is 0.345 e. The summed E-state index contributed by atoms with van der Waals surface area (Å²) >= 11 is 9.45. The molecule has 0 heterocycles. The third kappa shape index (κ3) is 6.01. The van der Waals surface area contributed by atoms with Gasteiger partial charge in [-0.15, -0.1) is 0 Å². The first-order valence-electron chi connectivity index (χ1n) is 10.2. The van der Waals surface area contributed by atoms with E-state index < -0.39 is 11.9 Å². The second-order valence-corrected chi connectivity index (χ2v) is 8.47. The summed E-state index contributed by atoms with van der Waals surface area (Å²) in [5.41, 5.74) is 3.13. The third-order valence-electron chi connectivity index (χ3n) is 4.75. The van der Waals surface area contributed by atoms with Crippen molar-refractivity contribution in [3.8, 4) is 11.5 Å². The number of halogens is 2. The van der Waals surface area contributed by atoms with E-state index in [1.807, 2.05) is 36.4 Å². The SMILES string of the molecule is O=C(COc1ccc2ccccc2c1)NN=Cc1cc(Br)ccc1OC(=O)c1ccccc1Cl. The summed E-state index contributed by atoms with van der Waals surface area (Å²) < 4.78 is 11.8. The molecule has 0 saturated carbocycles. The minimum absolute atomic E-state index is 0.206. The van der Waals surface area contributed by atoms with Gasteiger partial charge < -0.3 is 9.47 Å². The van der Waals surface area contributed by atoms with Gasteiger partial charge in [-0.3, -0.25) is 4.79 Å². The molecule has 8 heteroatoms. The van der Waals surface area contributed by atoms with Crippen molar-refractivity contribution in [3.63, 3.8) is 0 Å². The Morgan fingerprint density at radius 3 is 2.53 bits per heavy atom. The Hall–Kier alpha value is -3.68. The number of fused-ring (bicyclic) bond motifs is 1. The number of ether oxygens (including phenoxy) is 2. The van der Waals surface area contributed by atoms with Gasteiger partial charge in [0.1, 0.15) is 11.5 Å². The number of rotatable bonds is 7. The zero-order valence-electron chi connectivity index (χ0n) is 17.7. The molecule has 0 aliphatic rings. The van der Waals surface area contributed by atoms with Crippen LogP contribution in [0.25, 0.3) is 10.8 Å². The smallest absolute Gasteiger partial charge is 0.345 e. The fraction of sp³-hybridized carbons (Fsp3) is 0.0385. The maximum absolute atomic E-state index is 12.5. The van der Waals surface area contributed by atoms with E-state index in [0.717, 1.165) is 15.2 Å². The topological polar surface area (TPSA) is 77.0 Å². The highest BCUT2D eigenvalue weighted by atomic mass is 79.9. The first-order chi connectivity index (χ1) is 16.5. The van der Waals surface area contributed by atoms with Gasteiger partial charge in [-0.05, 0) is 53.2 Å². The van der Waals surface area contributed by atoms with Crippen molar-refractivity contribution in [3.05, 3.63) is 106 Å². The van der Waals surface area contributed by atoms with E-state index in [9.17, 15) is 9.59 Å². The molecule has 170 valence electrons. The Kier molecular flexibility index (Phi) is 7.57. The molecule has 4 aromatic carbocycles. The van der Waals surface area contributed by atoms with Crippen LogP contribution in [0.5, 0.6) is 11.5 Å². The molecular weight excluding hydrogens is 520 g/mol. The number of benzene rings is 4. The summed E-state index contributed by atoms with van der Waals surface area (Å²) in [6.07, 6.45) is 1.38. The first-order valence-corrected chi connectivity index (χ1v) is 11.4. The summed E-state index contributed by atoms with van der Waals surface area (Å²) in [6.45, 7) is -0.206. The molecule has 4 aromatic rings. The van der Waals surface area contributed by atoms with Crippen LogP contribution in [0.1, 0.15) is 15.9 Å². The van der Waals surface area contributed by atoms with Crippen molar-refractivity contribution < 1.29 is 19.1 Å². The van der Waals surface area contributed by atoms with Crippen LogP contribution in [0.2, 0.25) is 5.02 Å². The summed E-state index contributed by atoms with van der Waals surface area (Å²) in [4.78, 5) is 24.7. The van der Waals surface area contributed by atoms with Crippen LogP contribution in [0.4, 0.5) is 0 Å². The Labute approximate surface area is 209 Å². The Morgan fingerprint density at radius 2 is 1.71 bits per heavy atom. The fourth-order valence-electron chi connectivity index (χ4n) is 3.11. The number of nitrogens with zero attached hydrogens (tertiary/aromatic N) is 1. The lowest BCUT2D eigenvalue weighted by Crippen LogP contribution is -2.24. The van der Waals surface area contributed by atoms with Crippen LogP contribution in [0.15, 0.2) is 94.5 Å². The zero-order valence-corrected chi connectivity index (χ0v) is 20.0. The molecule has 34 heavy (non-hydrogen) atoms. The van der Waals surface area contributed by atoms with E-state index in [0.29, 0.717) is 16.3 Å². The van der Waals surface area contributed by atoms with Crippen molar-refractivity contribution in [2.45, 2.75) is 0 Å². The lowest BCUT2D eigenvalue weighted by atomic mass is 10.1. The highest BCUT2D eigenvalue weighted by molar-refractivity contribution is 9.10. The second-order valence-electron chi connectivity index (χ2n) is 7.14. The zero-order chi connectivity index (χ0) is 23.9. The number of carbonyl (C=O) groups excluding carboxylic acids is 2. The van der Waals surface area contributed by atoms with E-state index in [2.05, 4.69) is 26.5 Å². The maximum atomic E-state index is 12.5. The van der Waals surface area contributed by atoms with E-state index in [4.69, 9.17) is 21.1 Å². The predicted octanol–water partition coefficient (Wildman–Crippen LogP) is 6.00. The number of amides is 1. The standard InChI is InChI=1S/C26H18BrClN2O4/c27-20-10-12-24(34-26(32)22-7-3-4-8-23(22)28)19(13-20)15-29-30-25(31)16-33-21-11-9-17-5-1-2-6-18(17)14-21/h1-15H,16H2,(H,30,31). The molecule has 1 amide bonds. The van der Waals surface area contributed by atoms with Gasteiger partial charge in [0.25, 0.3) is 5.91 Å². The number of nitrogens with one attached hydrogen (secondary N) is 1. The quantitative estimate of drug-likeness (QED) is 0.136. The third-order valence-corrected chi connectivity index (χ3v) is 5.57. The fourth-order valence-corrected chi connectivity index (χ4v) is 3.70. The summed E-state index contributed by atoms with van der Waals surface area (Å²) in [6, 6.07) is 25.1. The van der Waals surface area contributed by atoms with Crippen LogP contribution in [-0.2, 0) is 4.79 Å². The molecule has 0 fully saturated rings. The summed E-state index contributed by atoms with van der Waals surface area (Å²) in [5, 5.41) is 6.36. The van der Waals surface area contributed by atoms with Gasteiger partial charge in [0.05, 0.1) is 16.8 Å². The van der Waals surface area contributed by atoms with E-state index in [-0.39, 0.29) is 17.9 Å². The van der Waals surface area contributed by atoms with Gasteiger partial charge in [-0.25, -0.2) is 10.2 Å². The minimum atomic E-state index is -0.601. The molecule has 0 unspecified atom stereocenters. The predicted molar refractivity (Wildman–Crippen MR) is 136 cm³/mol. The summed E-state index contributed by atoms with van der Waals surface area (Å²) in [7, 11) is 0. The van der Waals surface area contributed by atoms with Gasteiger partial charge in [-0.2, -0.15) is 5.10 Å². The normalized spacial score (nSPS) is 10.9. The molecule has 0 aliphatic heterocycles. The molecule has 0 aliphatic carbocycles. The number of hydrogen-bond acceptors (Lipinski definition) is 5. The molecule has 1 N–H and O–H groups in total. The molecule has 4 rings (SSSR count). The van der Waals surface area contributed by atoms with Gasteiger partial charge in [-0.1, -0.05) is 70.0 Å². The first kappa shape index (κ1) is 23.5. The monoisotopic (exact) mass is 536 g/mol. The van der Waals surface area contributed by atoms with Gasteiger partial charge in [0.2, 0.25) is 0 Å². The van der Waals surface area contributed by atoms with E-state index in [1.54, 1.807) is 48.5 Å². The molecule has 0 bridgehead atoms. The van der Waals surface area contributed by atoms with Crippen molar-refractivity contribution in [1.29, 1.82) is 0 Å². The molecular formula is C26H18BrClN2O4. The number of hydrogen-bond donors (Lipinski definition) is 1. The van der Waals surface area contributed by atoms with E-state index >= 15 is 0 Å². The van der Waals surface area contributed by atoms with Crippen LogP contribution < -0.4 is 14.9 Å². The largest absolute Gasteiger partial charge is 0.484 e. The van der Waals surface area contributed by atoms with Crippen molar-refractivity contribution >= 4 is 56.4 Å². The highest BCUT2D eigenvalue weighted by Gasteiger charge is 2.14. The van der Waals surface area contributed by atoms with Crippen molar-refractivity contribution in [1.82, 2.24) is 5.43 Å². The molecule has 0 radical (unpaired) electrons. The van der Waals surface area contributed by atoms with Crippen LogP contribution in [-0.4, -0.2) is 24.7 Å². The van der Waals surface area contributed by atoms with Crippen LogP contribution >= 0.6 is 27.5 Å². The van der Waals surface area contributed by atoms with Gasteiger partial charge >= 0.3 is 5.97 Å². The van der Waals surface area contributed by atoms with Gasteiger partial charge in [0.15, 0.2) is 6.61 Å². The minimum Gasteiger partial charge on any atom is -0.484 e. The number of hydrazone groups is 1. The Morgan fingerprint density at radius 1 is 0.941 bits per heavy atom. The van der Waals surface area contributed by atoms with Crippen molar-refractivity contribution in [2.75, 3.05) is 6.61 Å². The molecule has 0 saturated heterocycles. The van der Waals surface area contributed by atoms with Gasteiger partial charge in [0, 0.05) is 10.0 Å². The number of carbonyl (C=O) groups is 2. The average Bonchev–Trinajstić information content (AvgIpc) is 2.84. The molecule has 6 nitrogen and oxygen atoms in total. The molecule has 0 spiro atoms. The van der Waals surface area contributed by atoms with Crippen molar-refractivity contribution in [2.24, 2.45) is 5.10 Å². The molecule has 0 atom stereocenters. The second kappa shape index (κ2) is 11.0. The van der Waals surface area contributed by atoms with Crippen LogP contribution in [0, 0.1) is 0 Å². The summed E-state index contributed by atoms with van der Waals surface area (Å²) in [5.74, 6) is -0.193. The average molecular weight is 538 g/mol. The number of esters is 1. The lowest BCUT2D eigenvalue weighted by molar-refractivity contribution is -0.123. The Bertz CT molecular complexity index is 1390. The molecule has 0 aromatic heterocycles. The lowest BCUT2D eigenvalue weighted by Gasteiger charge is -2.09. The van der Waals surface area contributed by atoms with E-state index in [1.165, 1.54) is 6.21 Å². The van der Waals surface area contributed by atoms with Crippen LogP contribution in [0.3, 0.4) is 0 Å². The Balaban J connectivity index is 1.38. The highest BCUT2D eigenvalue weighted by Crippen LogP contribution is 2.24.